The number of rotatable bonds is 7. The Morgan fingerprint density at radius 3 is 2.42 bits per heavy atom. The summed E-state index contributed by atoms with van der Waals surface area (Å²) in [5.74, 6) is 0.925. The van der Waals surface area contributed by atoms with Gasteiger partial charge in [0.25, 0.3) is 0 Å². The molecule has 0 aromatic heterocycles. The first kappa shape index (κ1) is 15.3. The summed E-state index contributed by atoms with van der Waals surface area (Å²) in [7, 11) is 3.14. The second kappa shape index (κ2) is 7.63. The summed E-state index contributed by atoms with van der Waals surface area (Å²) in [5, 5.41) is 3.10. The summed E-state index contributed by atoms with van der Waals surface area (Å²) in [4.78, 5) is 11.9. The van der Waals surface area contributed by atoms with E-state index in [1.54, 1.807) is 33.3 Å². The van der Waals surface area contributed by atoms with Gasteiger partial charge in [0.1, 0.15) is 6.04 Å². The van der Waals surface area contributed by atoms with Gasteiger partial charge in [0.15, 0.2) is 11.5 Å². The molecule has 0 heterocycles. The molecule has 1 aromatic carbocycles. The number of carbonyl (C=O) groups excluding carboxylic acids is 1. The minimum absolute atomic E-state index is 0.295. The number of hydrogen-bond donors (Lipinski definition) is 1. The molecule has 5 heteroatoms. The standard InChI is InChI=1S/C14H21NO4/c1-5-15-13(14(16)19-6-2)10-7-8-11(17-3)12(9-10)18-4/h7-9,13,15H,5-6H2,1-4H3. The van der Waals surface area contributed by atoms with E-state index in [1.165, 1.54) is 0 Å². The maximum absolute atomic E-state index is 11.9. The molecule has 0 radical (unpaired) electrons. The summed E-state index contributed by atoms with van der Waals surface area (Å²) in [6.07, 6.45) is 0. The van der Waals surface area contributed by atoms with Crippen molar-refractivity contribution in [1.82, 2.24) is 5.32 Å². The van der Waals surface area contributed by atoms with E-state index in [-0.39, 0.29) is 5.97 Å². The number of carbonyl (C=O) groups is 1. The van der Waals surface area contributed by atoms with Gasteiger partial charge in [0, 0.05) is 0 Å². The van der Waals surface area contributed by atoms with Crippen molar-refractivity contribution < 1.29 is 19.0 Å². The van der Waals surface area contributed by atoms with Crippen LogP contribution in [0.1, 0.15) is 25.5 Å². The third-order valence-corrected chi connectivity index (χ3v) is 2.67. The van der Waals surface area contributed by atoms with E-state index in [9.17, 15) is 4.79 Å². The number of likely N-dealkylation sites (N-methyl/N-ethyl adjacent to an activating group) is 1. The third kappa shape index (κ3) is 3.86. The molecule has 0 aliphatic heterocycles. The van der Waals surface area contributed by atoms with E-state index in [0.717, 1.165) is 5.56 Å². The minimum atomic E-state index is -0.496. The van der Waals surface area contributed by atoms with Crippen LogP contribution >= 0.6 is 0 Å². The highest BCUT2D eigenvalue weighted by atomic mass is 16.5. The van der Waals surface area contributed by atoms with Crippen LogP contribution < -0.4 is 14.8 Å². The monoisotopic (exact) mass is 267 g/mol. The maximum atomic E-state index is 11.9. The number of ether oxygens (including phenoxy) is 3. The highest BCUT2D eigenvalue weighted by molar-refractivity contribution is 5.78. The molecular weight excluding hydrogens is 246 g/mol. The van der Waals surface area contributed by atoms with E-state index in [1.807, 2.05) is 13.0 Å². The van der Waals surface area contributed by atoms with Crippen LogP contribution in [0.15, 0.2) is 18.2 Å². The van der Waals surface area contributed by atoms with E-state index >= 15 is 0 Å². The first-order valence-electron chi connectivity index (χ1n) is 6.29. The number of benzene rings is 1. The van der Waals surface area contributed by atoms with Crippen molar-refractivity contribution in [3.8, 4) is 11.5 Å². The number of methoxy groups -OCH3 is 2. The second-order valence-corrected chi connectivity index (χ2v) is 3.86. The first-order chi connectivity index (χ1) is 9.17. The van der Waals surface area contributed by atoms with Crippen LogP contribution in [0.2, 0.25) is 0 Å². The van der Waals surface area contributed by atoms with Crippen molar-refractivity contribution in [3.05, 3.63) is 23.8 Å². The van der Waals surface area contributed by atoms with Gasteiger partial charge in [-0.3, -0.25) is 0 Å². The Labute approximate surface area is 113 Å². The highest BCUT2D eigenvalue weighted by Crippen LogP contribution is 2.30. The highest BCUT2D eigenvalue weighted by Gasteiger charge is 2.22. The number of nitrogens with one attached hydrogen (secondary N) is 1. The normalized spacial score (nSPS) is 11.8. The van der Waals surface area contributed by atoms with Crippen LogP contribution in [0.5, 0.6) is 11.5 Å². The molecule has 0 aliphatic carbocycles. The molecule has 1 unspecified atom stereocenters. The smallest absolute Gasteiger partial charge is 0.327 e. The summed E-state index contributed by atoms with van der Waals surface area (Å²) in [6.45, 7) is 4.74. The fraction of sp³-hybridized carbons (Fsp3) is 0.500. The van der Waals surface area contributed by atoms with E-state index in [4.69, 9.17) is 14.2 Å². The molecule has 1 aromatic rings. The Morgan fingerprint density at radius 1 is 1.21 bits per heavy atom. The van der Waals surface area contributed by atoms with Crippen molar-refractivity contribution in [2.45, 2.75) is 19.9 Å². The van der Waals surface area contributed by atoms with Gasteiger partial charge in [0.05, 0.1) is 20.8 Å². The molecule has 0 saturated carbocycles. The predicted octanol–water partition coefficient (Wildman–Crippen LogP) is 1.92. The molecule has 106 valence electrons. The van der Waals surface area contributed by atoms with Crippen LogP contribution in [0.25, 0.3) is 0 Å². The van der Waals surface area contributed by atoms with Gasteiger partial charge < -0.3 is 19.5 Å². The zero-order valence-electron chi connectivity index (χ0n) is 11.9. The van der Waals surface area contributed by atoms with E-state index in [2.05, 4.69) is 5.32 Å². The van der Waals surface area contributed by atoms with Gasteiger partial charge >= 0.3 is 5.97 Å². The molecule has 0 amide bonds. The molecule has 5 nitrogen and oxygen atoms in total. The van der Waals surface area contributed by atoms with Crippen LogP contribution in [-0.2, 0) is 9.53 Å². The largest absolute Gasteiger partial charge is 0.493 e. The molecule has 1 atom stereocenters. The zero-order valence-corrected chi connectivity index (χ0v) is 11.9. The fourth-order valence-electron chi connectivity index (χ4n) is 1.80. The quantitative estimate of drug-likeness (QED) is 0.765. The molecule has 0 saturated heterocycles. The van der Waals surface area contributed by atoms with Crippen LogP contribution in [0.3, 0.4) is 0 Å². The van der Waals surface area contributed by atoms with Gasteiger partial charge in [-0.15, -0.1) is 0 Å². The average Bonchev–Trinajstić information content (AvgIpc) is 2.44. The van der Waals surface area contributed by atoms with E-state index in [0.29, 0.717) is 24.7 Å². The molecule has 0 bridgehead atoms. The van der Waals surface area contributed by atoms with Crippen LogP contribution in [0.4, 0.5) is 0 Å². The molecule has 1 N–H and O–H groups in total. The third-order valence-electron chi connectivity index (χ3n) is 2.67. The molecule has 0 aliphatic rings. The Balaban J connectivity index is 3.05. The summed E-state index contributed by atoms with van der Waals surface area (Å²) < 4.78 is 15.5. The summed E-state index contributed by atoms with van der Waals surface area (Å²) in [5.41, 5.74) is 0.790. The Bertz CT molecular complexity index is 420. The minimum Gasteiger partial charge on any atom is -0.493 e. The lowest BCUT2D eigenvalue weighted by Gasteiger charge is -2.18. The fourth-order valence-corrected chi connectivity index (χ4v) is 1.80. The van der Waals surface area contributed by atoms with Gasteiger partial charge in [-0.2, -0.15) is 0 Å². The van der Waals surface area contributed by atoms with Crippen LogP contribution in [-0.4, -0.2) is 33.3 Å². The molecule has 0 spiro atoms. The van der Waals surface area contributed by atoms with Crippen LogP contribution in [0, 0.1) is 0 Å². The van der Waals surface area contributed by atoms with Crippen molar-refractivity contribution in [2.75, 3.05) is 27.4 Å². The van der Waals surface area contributed by atoms with Gasteiger partial charge in [-0.05, 0) is 31.2 Å². The Hall–Kier alpha value is -1.75. The van der Waals surface area contributed by atoms with E-state index < -0.39 is 6.04 Å². The summed E-state index contributed by atoms with van der Waals surface area (Å²) >= 11 is 0. The predicted molar refractivity (Wildman–Crippen MR) is 72.6 cm³/mol. The molecule has 0 fully saturated rings. The first-order valence-corrected chi connectivity index (χ1v) is 6.29. The van der Waals surface area contributed by atoms with Gasteiger partial charge in [-0.1, -0.05) is 13.0 Å². The van der Waals surface area contributed by atoms with Crippen molar-refractivity contribution in [2.24, 2.45) is 0 Å². The summed E-state index contributed by atoms with van der Waals surface area (Å²) in [6, 6.07) is 4.89. The maximum Gasteiger partial charge on any atom is 0.327 e. The number of esters is 1. The average molecular weight is 267 g/mol. The lowest BCUT2D eigenvalue weighted by Crippen LogP contribution is -2.30. The van der Waals surface area contributed by atoms with Gasteiger partial charge in [-0.25, -0.2) is 4.79 Å². The van der Waals surface area contributed by atoms with Crippen molar-refractivity contribution >= 4 is 5.97 Å². The van der Waals surface area contributed by atoms with Crippen molar-refractivity contribution in [3.63, 3.8) is 0 Å². The molecule has 1 rings (SSSR count). The van der Waals surface area contributed by atoms with Crippen molar-refractivity contribution in [1.29, 1.82) is 0 Å². The topological polar surface area (TPSA) is 56.8 Å². The Kier molecular flexibility index (Phi) is 6.15. The zero-order chi connectivity index (χ0) is 14.3. The number of hydrogen-bond acceptors (Lipinski definition) is 5. The lowest BCUT2D eigenvalue weighted by molar-refractivity contribution is -0.145. The lowest BCUT2D eigenvalue weighted by atomic mass is 10.1. The Morgan fingerprint density at radius 2 is 1.89 bits per heavy atom. The van der Waals surface area contributed by atoms with Gasteiger partial charge in [0.2, 0.25) is 0 Å². The SMILES string of the molecule is CCNC(C(=O)OCC)c1ccc(OC)c(OC)c1. The molecular formula is C14H21NO4. The second-order valence-electron chi connectivity index (χ2n) is 3.86. The molecule has 19 heavy (non-hydrogen) atoms.